The molecule has 3 fully saturated rings. The number of hydrogen-bond donors (Lipinski definition) is 1. The number of carboxylic acid groups (broad SMARTS) is 1. The van der Waals surface area contributed by atoms with Crippen molar-refractivity contribution < 1.29 is 19.5 Å². The zero-order chi connectivity index (χ0) is 23.3. The summed E-state index contributed by atoms with van der Waals surface area (Å²) < 4.78 is 0. The number of carbonyl (C=O) groups is 3. The Bertz CT molecular complexity index is 1420. The summed E-state index contributed by atoms with van der Waals surface area (Å²) in [6.45, 7) is 1.92. The summed E-state index contributed by atoms with van der Waals surface area (Å²) in [6, 6.07) is 14.3. The fourth-order valence-corrected chi connectivity index (χ4v) is 6.66. The van der Waals surface area contributed by atoms with Crippen LogP contribution in [-0.4, -0.2) is 27.9 Å². The van der Waals surface area contributed by atoms with Gasteiger partial charge in [0.05, 0.1) is 34.3 Å². The quantitative estimate of drug-likeness (QED) is 0.470. The first-order valence-corrected chi connectivity index (χ1v) is 11.7. The highest BCUT2D eigenvalue weighted by Crippen LogP contribution is 2.65. The number of carbonyl (C=O) groups excluding carboxylic acids is 2. The van der Waals surface area contributed by atoms with Gasteiger partial charge in [0.2, 0.25) is 11.8 Å². The van der Waals surface area contributed by atoms with Crippen LogP contribution in [0, 0.1) is 42.4 Å². The maximum atomic E-state index is 13.3. The van der Waals surface area contributed by atoms with E-state index < -0.39 is 5.97 Å². The van der Waals surface area contributed by atoms with Crippen LogP contribution in [0.1, 0.15) is 22.3 Å². The van der Waals surface area contributed by atoms with Gasteiger partial charge in [-0.05, 0) is 67.3 Å². The molecule has 6 heteroatoms. The monoisotopic (exact) mass is 450 g/mol. The van der Waals surface area contributed by atoms with Crippen molar-refractivity contribution in [1.82, 2.24) is 4.98 Å². The third kappa shape index (κ3) is 2.56. The molecule has 2 aromatic carbocycles. The first kappa shape index (κ1) is 19.6. The molecule has 1 aromatic heterocycles. The average molecular weight is 450 g/mol. The predicted octanol–water partition coefficient (Wildman–Crippen LogP) is 4.47. The molecule has 2 bridgehead atoms. The van der Waals surface area contributed by atoms with Gasteiger partial charge in [-0.2, -0.15) is 0 Å². The zero-order valence-corrected chi connectivity index (χ0v) is 18.5. The van der Waals surface area contributed by atoms with Crippen molar-refractivity contribution in [3.05, 3.63) is 71.8 Å². The molecule has 1 N–H and O–H groups in total. The van der Waals surface area contributed by atoms with Gasteiger partial charge in [0.25, 0.3) is 0 Å². The van der Waals surface area contributed by atoms with E-state index in [0.717, 1.165) is 17.5 Å². The van der Waals surface area contributed by atoms with E-state index in [-0.39, 0.29) is 41.0 Å². The summed E-state index contributed by atoms with van der Waals surface area (Å²) in [7, 11) is 0. The normalized spacial score (nSPS) is 30.6. The Labute approximate surface area is 195 Å². The molecule has 6 atom stereocenters. The molecule has 1 saturated heterocycles. The minimum absolute atomic E-state index is 0.0835. The summed E-state index contributed by atoms with van der Waals surface area (Å²) in [4.78, 5) is 44.6. The third-order valence-electron chi connectivity index (χ3n) is 8.28. The maximum absolute atomic E-state index is 13.3. The standard InChI is InChI=1S/C28H22N2O4/c1-13-2-9-22-20(10-13)21(28(33)34)12-23(29-22)14-3-5-15(6-4-14)30-26(31)24-16-7-8-17(19-11-18(16)19)25(24)27(30)32/h2-10,12,16-19,24-25H,11H2,1H3,(H,33,34). The molecule has 5 aliphatic rings. The molecule has 4 aliphatic carbocycles. The van der Waals surface area contributed by atoms with Crippen LogP contribution in [-0.2, 0) is 9.59 Å². The van der Waals surface area contributed by atoms with E-state index >= 15 is 0 Å². The molecule has 3 aromatic rings. The van der Waals surface area contributed by atoms with Gasteiger partial charge in [0.1, 0.15) is 0 Å². The topological polar surface area (TPSA) is 87.6 Å². The summed E-state index contributed by atoms with van der Waals surface area (Å²) >= 11 is 0. The van der Waals surface area contributed by atoms with E-state index in [4.69, 9.17) is 0 Å². The fourth-order valence-electron chi connectivity index (χ4n) is 6.66. The lowest BCUT2D eigenvalue weighted by Crippen LogP contribution is -2.40. The Kier molecular flexibility index (Phi) is 3.83. The van der Waals surface area contributed by atoms with Gasteiger partial charge in [-0.3, -0.25) is 14.5 Å². The molecule has 2 amide bonds. The fraction of sp³-hybridized carbons (Fsp3) is 0.286. The highest BCUT2D eigenvalue weighted by Gasteiger charge is 2.67. The highest BCUT2D eigenvalue weighted by atomic mass is 16.4. The molecular formula is C28H22N2O4. The Hall–Kier alpha value is -3.80. The number of benzene rings is 2. The summed E-state index contributed by atoms with van der Waals surface area (Å²) in [5.74, 6) is -0.0961. The number of rotatable bonds is 3. The van der Waals surface area contributed by atoms with Crippen LogP contribution >= 0.6 is 0 Å². The lowest BCUT2D eigenvalue weighted by atomic mass is 9.63. The number of amides is 2. The molecule has 2 saturated carbocycles. The van der Waals surface area contributed by atoms with E-state index in [9.17, 15) is 19.5 Å². The average Bonchev–Trinajstić information content (AvgIpc) is 3.61. The van der Waals surface area contributed by atoms with Crippen molar-refractivity contribution in [2.45, 2.75) is 13.3 Å². The molecule has 0 spiro atoms. The predicted molar refractivity (Wildman–Crippen MR) is 126 cm³/mol. The minimum atomic E-state index is -1.01. The van der Waals surface area contributed by atoms with Crippen LogP contribution in [0.5, 0.6) is 0 Å². The minimum Gasteiger partial charge on any atom is -0.478 e. The van der Waals surface area contributed by atoms with Crippen LogP contribution in [0.3, 0.4) is 0 Å². The number of carboxylic acids is 1. The Balaban J connectivity index is 1.24. The number of hydrogen-bond acceptors (Lipinski definition) is 4. The van der Waals surface area contributed by atoms with Crippen LogP contribution in [0.2, 0.25) is 0 Å². The Morgan fingerprint density at radius 2 is 1.59 bits per heavy atom. The van der Waals surface area contributed by atoms with Gasteiger partial charge in [0.15, 0.2) is 0 Å². The zero-order valence-electron chi connectivity index (χ0n) is 18.5. The molecule has 34 heavy (non-hydrogen) atoms. The number of nitrogens with zero attached hydrogens (tertiary/aromatic N) is 2. The van der Waals surface area contributed by atoms with E-state index in [2.05, 4.69) is 17.1 Å². The first-order chi connectivity index (χ1) is 16.4. The molecule has 2 heterocycles. The SMILES string of the molecule is Cc1ccc2nc(-c3ccc(N4C(=O)C5C6C=CC(C7CC67)C5C4=O)cc3)cc(C(=O)O)c2c1. The van der Waals surface area contributed by atoms with Gasteiger partial charge >= 0.3 is 5.97 Å². The highest BCUT2D eigenvalue weighted by molar-refractivity contribution is 6.22. The van der Waals surface area contributed by atoms with Crippen LogP contribution in [0.25, 0.3) is 22.2 Å². The smallest absolute Gasteiger partial charge is 0.336 e. The molecule has 6 unspecified atom stereocenters. The number of pyridine rings is 1. The van der Waals surface area contributed by atoms with E-state index in [0.29, 0.717) is 34.1 Å². The van der Waals surface area contributed by atoms with E-state index in [1.165, 1.54) is 4.90 Å². The van der Waals surface area contributed by atoms with Gasteiger partial charge in [-0.25, -0.2) is 9.78 Å². The van der Waals surface area contributed by atoms with E-state index in [1.54, 1.807) is 30.3 Å². The number of imide groups is 1. The summed E-state index contributed by atoms with van der Waals surface area (Å²) in [6.07, 6.45) is 5.48. The summed E-state index contributed by atoms with van der Waals surface area (Å²) in [5.41, 5.74) is 3.61. The van der Waals surface area contributed by atoms with Crippen molar-refractivity contribution >= 4 is 34.4 Å². The van der Waals surface area contributed by atoms with Gasteiger partial charge < -0.3 is 5.11 Å². The maximum Gasteiger partial charge on any atom is 0.336 e. The largest absolute Gasteiger partial charge is 0.478 e. The van der Waals surface area contributed by atoms with Crippen molar-refractivity contribution in [3.8, 4) is 11.3 Å². The molecule has 1 aliphatic heterocycles. The van der Waals surface area contributed by atoms with Gasteiger partial charge in [-0.1, -0.05) is 35.9 Å². The third-order valence-corrected chi connectivity index (χ3v) is 8.28. The first-order valence-electron chi connectivity index (χ1n) is 11.7. The number of aromatic nitrogens is 1. The van der Waals surface area contributed by atoms with E-state index in [1.807, 2.05) is 25.1 Å². The van der Waals surface area contributed by atoms with Crippen molar-refractivity contribution in [1.29, 1.82) is 0 Å². The van der Waals surface area contributed by atoms with Crippen molar-refractivity contribution in [3.63, 3.8) is 0 Å². The Morgan fingerprint density at radius 3 is 2.21 bits per heavy atom. The summed E-state index contributed by atoms with van der Waals surface area (Å²) in [5, 5.41) is 10.3. The molecule has 6 nitrogen and oxygen atoms in total. The Morgan fingerprint density at radius 1 is 0.941 bits per heavy atom. The van der Waals surface area contributed by atoms with Gasteiger partial charge in [0, 0.05) is 10.9 Å². The number of aromatic carboxylic acids is 1. The number of fused-ring (bicyclic) bond motifs is 1. The second kappa shape index (κ2) is 6.63. The van der Waals surface area contributed by atoms with Crippen LogP contribution in [0.4, 0.5) is 5.69 Å². The molecule has 8 rings (SSSR count). The van der Waals surface area contributed by atoms with Crippen molar-refractivity contribution in [2.24, 2.45) is 35.5 Å². The number of aryl methyl sites for hydroxylation is 1. The van der Waals surface area contributed by atoms with Crippen LogP contribution < -0.4 is 4.90 Å². The lowest BCUT2D eigenvalue weighted by Gasteiger charge is -2.37. The molecule has 168 valence electrons. The van der Waals surface area contributed by atoms with Gasteiger partial charge in [-0.15, -0.1) is 0 Å². The molecular weight excluding hydrogens is 428 g/mol. The number of allylic oxidation sites excluding steroid dienone is 2. The van der Waals surface area contributed by atoms with Crippen molar-refractivity contribution in [2.75, 3.05) is 4.90 Å². The van der Waals surface area contributed by atoms with Crippen LogP contribution in [0.15, 0.2) is 60.7 Å². The lowest BCUT2D eigenvalue weighted by molar-refractivity contribution is -0.124. The second-order valence-electron chi connectivity index (χ2n) is 10.1. The number of anilines is 1. The molecule has 0 radical (unpaired) electrons. The second-order valence-corrected chi connectivity index (χ2v) is 10.1.